The summed E-state index contributed by atoms with van der Waals surface area (Å²) in [6, 6.07) is 0. The average Bonchev–Trinajstić information content (AvgIpc) is 2.45. The molecule has 2 aliphatic rings. The Morgan fingerprint density at radius 3 is 2.25 bits per heavy atom. The summed E-state index contributed by atoms with van der Waals surface area (Å²) < 4.78 is 36.6. The second kappa shape index (κ2) is 2.25. The molecule has 1 nitrogen and oxygen atoms in total. The van der Waals surface area contributed by atoms with Crippen LogP contribution in [0.5, 0.6) is 0 Å². The van der Waals surface area contributed by atoms with E-state index in [0.29, 0.717) is 12.8 Å². The number of halogens is 3. The zero-order valence-electron chi connectivity index (χ0n) is 6.30. The molecule has 1 fully saturated rings. The lowest BCUT2D eigenvalue weighted by molar-refractivity contribution is -0.101. The fraction of sp³-hybridized carbons (Fsp3) is 0.750. The Kier molecular flexibility index (Phi) is 1.52. The first-order valence-electron chi connectivity index (χ1n) is 3.97. The maximum absolute atomic E-state index is 12.2. The molecular weight excluding hydrogens is 169 g/mol. The van der Waals surface area contributed by atoms with Gasteiger partial charge in [0.1, 0.15) is 0 Å². The average molecular weight is 178 g/mol. The zero-order chi connectivity index (χ0) is 8.93. The first-order valence-corrected chi connectivity index (χ1v) is 3.97. The summed E-state index contributed by atoms with van der Waals surface area (Å²) in [6.07, 6.45) is -2.64. The Morgan fingerprint density at radius 2 is 2.00 bits per heavy atom. The van der Waals surface area contributed by atoms with Crippen molar-refractivity contribution >= 4 is 0 Å². The van der Waals surface area contributed by atoms with E-state index in [1.165, 1.54) is 6.08 Å². The first kappa shape index (κ1) is 8.10. The van der Waals surface area contributed by atoms with E-state index in [1.807, 2.05) is 0 Å². The van der Waals surface area contributed by atoms with Gasteiger partial charge in [0.25, 0.3) is 0 Å². The first-order chi connectivity index (χ1) is 5.50. The lowest BCUT2D eigenvalue weighted by atomic mass is 9.98. The minimum absolute atomic E-state index is 0.244. The summed E-state index contributed by atoms with van der Waals surface area (Å²) in [5.41, 5.74) is -0.508. The fourth-order valence-electron chi connectivity index (χ4n) is 2.19. The maximum Gasteiger partial charge on any atom is 0.412 e. The lowest BCUT2D eigenvalue weighted by Gasteiger charge is -2.16. The Labute approximate surface area is 67.9 Å². The van der Waals surface area contributed by atoms with Crippen LogP contribution in [-0.2, 0) is 0 Å². The predicted molar refractivity (Wildman–Crippen MR) is 36.4 cm³/mol. The predicted octanol–water partition coefficient (Wildman–Crippen LogP) is 1.88. The number of fused-ring (bicyclic) bond motifs is 2. The van der Waals surface area contributed by atoms with Crippen molar-refractivity contribution in [2.24, 2.45) is 11.8 Å². The Morgan fingerprint density at radius 1 is 1.33 bits per heavy atom. The Hall–Kier alpha value is -0.510. The third kappa shape index (κ3) is 0.975. The molecule has 0 amide bonds. The van der Waals surface area contributed by atoms with Crippen LogP contribution in [-0.4, -0.2) is 17.4 Å². The molecule has 0 aliphatic heterocycles. The molecule has 2 bridgehead atoms. The van der Waals surface area contributed by atoms with Gasteiger partial charge in [-0.25, -0.2) is 0 Å². The van der Waals surface area contributed by atoms with Crippen LogP contribution in [0.25, 0.3) is 0 Å². The second-order valence-corrected chi connectivity index (χ2v) is 3.46. The molecule has 12 heavy (non-hydrogen) atoms. The van der Waals surface area contributed by atoms with Gasteiger partial charge in [0, 0.05) is 17.4 Å². The summed E-state index contributed by atoms with van der Waals surface area (Å²) in [7, 11) is 0. The highest BCUT2D eigenvalue weighted by molar-refractivity contribution is 5.26. The monoisotopic (exact) mass is 178 g/mol. The van der Waals surface area contributed by atoms with E-state index < -0.39 is 23.8 Å². The molecule has 3 atom stereocenters. The van der Waals surface area contributed by atoms with Crippen molar-refractivity contribution in [1.29, 1.82) is 0 Å². The summed E-state index contributed by atoms with van der Waals surface area (Å²) in [5, 5.41) is 9.31. The Balaban J connectivity index is 2.27. The van der Waals surface area contributed by atoms with E-state index in [2.05, 4.69) is 0 Å². The van der Waals surface area contributed by atoms with Crippen molar-refractivity contribution in [2.75, 3.05) is 0 Å². The van der Waals surface area contributed by atoms with Crippen LogP contribution in [0.15, 0.2) is 11.6 Å². The summed E-state index contributed by atoms with van der Waals surface area (Å²) in [6.45, 7) is 0. The maximum atomic E-state index is 12.2. The molecule has 2 rings (SSSR count). The molecule has 68 valence electrons. The Bertz CT molecular complexity index is 231. The summed E-state index contributed by atoms with van der Waals surface area (Å²) in [4.78, 5) is 0. The van der Waals surface area contributed by atoms with Gasteiger partial charge in [-0.15, -0.1) is 0 Å². The van der Waals surface area contributed by atoms with Gasteiger partial charge in [0.2, 0.25) is 0 Å². The number of hydrogen-bond donors (Lipinski definition) is 1. The minimum atomic E-state index is -4.24. The van der Waals surface area contributed by atoms with E-state index in [0.717, 1.165) is 0 Å². The van der Waals surface area contributed by atoms with Crippen molar-refractivity contribution in [3.63, 3.8) is 0 Å². The molecule has 0 radical (unpaired) electrons. The van der Waals surface area contributed by atoms with Crippen LogP contribution in [0.4, 0.5) is 13.2 Å². The molecule has 4 heteroatoms. The van der Waals surface area contributed by atoms with Crippen molar-refractivity contribution in [1.82, 2.24) is 0 Å². The van der Waals surface area contributed by atoms with Gasteiger partial charge in [-0.05, 0) is 12.8 Å². The molecule has 0 aromatic rings. The molecule has 0 aromatic carbocycles. The molecule has 3 unspecified atom stereocenters. The molecule has 1 N–H and O–H groups in total. The largest absolute Gasteiger partial charge is 0.412 e. The van der Waals surface area contributed by atoms with E-state index in [1.54, 1.807) is 0 Å². The molecule has 0 saturated heterocycles. The highest BCUT2D eigenvalue weighted by atomic mass is 19.4. The van der Waals surface area contributed by atoms with Crippen LogP contribution in [0.1, 0.15) is 12.8 Å². The third-order valence-electron chi connectivity index (χ3n) is 2.78. The van der Waals surface area contributed by atoms with E-state index in [-0.39, 0.29) is 5.92 Å². The topological polar surface area (TPSA) is 20.2 Å². The zero-order valence-corrected chi connectivity index (χ0v) is 6.30. The second-order valence-electron chi connectivity index (χ2n) is 3.46. The molecule has 1 saturated carbocycles. The summed E-state index contributed by atoms with van der Waals surface area (Å²) >= 11 is 0. The van der Waals surface area contributed by atoms with E-state index in [9.17, 15) is 18.3 Å². The molecule has 0 heterocycles. The normalized spacial score (nSPS) is 40.3. The van der Waals surface area contributed by atoms with Crippen LogP contribution < -0.4 is 0 Å². The van der Waals surface area contributed by atoms with Crippen molar-refractivity contribution in [2.45, 2.75) is 25.1 Å². The fourth-order valence-corrected chi connectivity index (χ4v) is 2.19. The van der Waals surface area contributed by atoms with Gasteiger partial charge < -0.3 is 5.11 Å². The standard InChI is InChI=1S/C8H9F3O/c9-8(10,11)6-3-4-1-2-5(6)7(4)12/h3-5,7,12H,1-2H2. The number of rotatable bonds is 0. The molecule has 0 aromatic heterocycles. The van der Waals surface area contributed by atoms with E-state index in [4.69, 9.17) is 0 Å². The van der Waals surface area contributed by atoms with Gasteiger partial charge >= 0.3 is 6.18 Å². The van der Waals surface area contributed by atoms with Crippen LogP contribution in [0.3, 0.4) is 0 Å². The lowest BCUT2D eigenvalue weighted by Crippen LogP contribution is -2.22. The van der Waals surface area contributed by atoms with Crippen LogP contribution in [0, 0.1) is 11.8 Å². The van der Waals surface area contributed by atoms with Gasteiger partial charge in [-0.2, -0.15) is 13.2 Å². The van der Waals surface area contributed by atoms with Crippen molar-refractivity contribution in [3.05, 3.63) is 11.6 Å². The third-order valence-corrected chi connectivity index (χ3v) is 2.78. The minimum Gasteiger partial charge on any atom is -0.392 e. The van der Waals surface area contributed by atoms with Gasteiger partial charge in [-0.1, -0.05) is 6.08 Å². The number of hydrogen-bond acceptors (Lipinski definition) is 1. The van der Waals surface area contributed by atoms with Crippen LogP contribution >= 0.6 is 0 Å². The smallest absolute Gasteiger partial charge is 0.392 e. The number of aliphatic hydroxyl groups is 1. The van der Waals surface area contributed by atoms with Crippen molar-refractivity contribution < 1.29 is 18.3 Å². The van der Waals surface area contributed by atoms with E-state index >= 15 is 0 Å². The van der Waals surface area contributed by atoms with Gasteiger partial charge in [-0.3, -0.25) is 0 Å². The van der Waals surface area contributed by atoms with Crippen LogP contribution in [0.2, 0.25) is 0 Å². The number of alkyl halides is 3. The van der Waals surface area contributed by atoms with Gasteiger partial charge in [0.15, 0.2) is 0 Å². The highest BCUT2D eigenvalue weighted by Crippen LogP contribution is 2.49. The molecule has 0 spiro atoms. The SMILES string of the molecule is OC1C2C=C(C(F)(F)F)C1CC2. The molecular formula is C8H9F3O. The quantitative estimate of drug-likeness (QED) is 0.561. The van der Waals surface area contributed by atoms with Gasteiger partial charge in [0.05, 0.1) is 6.10 Å². The number of aliphatic hydroxyl groups excluding tert-OH is 1. The molecule has 2 aliphatic carbocycles. The summed E-state index contributed by atoms with van der Waals surface area (Å²) in [5.74, 6) is -0.887. The highest BCUT2D eigenvalue weighted by Gasteiger charge is 2.50. The van der Waals surface area contributed by atoms with Crippen molar-refractivity contribution in [3.8, 4) is 0 Å².